The minimum absolute atomic E-state index is 0.00706. The number of ether oxygens (including phenoxy) is 2. The molecule has 0 bridgehead atoms. The quantitative estimate of drug-likeness (QED) is 0.164. The number of carbonyl (C=O) groups excluding carboxylic acids is 2. The first-order valence-corrected chi connectivity index (χ1v) is 16.9. The van der Waals surface area contributed by atoms with Crippen molar-refractivity contribution in [3.63, 3.8) is 0 Å². The number of morpholine rings is 1. The molecule has 6 rings (SSSR count). The molecule has 2 saturated heterocycles. The number of aromatic nitrogens is 2. The minimum atomic E-state index is -0.206. The molecule has 3 aromatic heterocycles. The summed E-state index contributed by atoms with van der Waals surface area (Å²) >= 11 is 3.25. The Labute approximate surface area is 272 Å². The maximum atomic E-state index is 12.9. The Morgan fingerprint density at radius 3 is 2.73 bits per heavy atom. The number of fused-ring (bicyclic) bond motifs is 1. The summed E-state index contributed by atoms with van der Waals surface area (Å²) in [5.74, 6) is -0.206. The number of hydrogen-bond acceptors (Lipinski definition) is 10. The number of nitrogens with zero attached hydrogens (tertiary/aromatic N) is 3. The largest absolute Gasteiger partial charge is 0.390 e. The summed E-state index contributed by atoms with van der Waals surface area (Å²) in [6.45, 7) is 5.88. The second-order valence-electron chi connectivity index (χ2n) is 10.1. The number of pyridine rings is 1. The molecule has 5 heterocycles. The highest BCUT2D eigenvalue weighted by molar-refractivity contribution is 8.02. The van der Waals surface area contributed by atoms with Gasteiger partial charge < -0.3 is 31.2 Å². The van der Waals surface area contributed by atoms with Crippen molar-refractivity contribution in [1.29, 1.82) is 0 Å². The van der Waals surface area contributed by atoms with Gasteiger partial charge in [-0.3, -0.25) is 19.0 Å². The molecule has 1 amide bonds. The summed E-state index contributed by atoms with van der Waals surface area (Å²) < 4.78 is 12.0. The SMILES string of the molecule is C1COCCN1.CNCC1=CC=CC(N=CN)C(SC)=C1.O=Cc1cccn2c(C(=O)NC3CCOC3)c(-c3ccsc3)nc12. The Bertz CT molecular complexity index is 1490. The molecule has 2 atom stereocenters. The van der Waals surface area contributed by atoms with Crippen LogP contribution in [0, 0.1) is 0 Å². The van der Waals surface area contributed by atoms with Crippen molar-refractivity contribution in [1.82, 2.24) is 25.3 Å². The molecule has 3 aliphatic rings. The van der Waals surface area contributed by atoms with Crippen LogP contribution in [0.15, 0.2) is 74.9 Å². The molecule has 45 heavy (non-hydrogen) atoms. The fourth-order valence-corrected chi connectivity index (χ4v) is 6.11. The van der Waals surface area contributed by atoms with Crippen LogP contribution in [0.5, 0.6) is 0 Å². The number of aliphatic imine (C=N–C) groups is 1. The smallest absolute Gasteiger partial charge is 0.270 e. The maximum absolute atomic E-state index is 12.9. The van der Waals surface area contributed by atoms with Crippen LogP contribution in [0.1, 0.15) is 27.3 Å². The predicted molar refractivity (Wildman–Crippen MR) is 183 cm³/mol. The third-order valence-corrected chi connectivity index (χ3v) is 8.53. The monoisotopic (exact) mass is 651 g/mol. The lowest BCUT2D eigenvalue weighted by molar-refractivity contribution is 0.0924. The van der Waals surface area contributed by atoms with E-state index in [9.17, 15) is 9.59 Å². The van der Waals surface area contributed by atoms with E-state index in [2.05, 4.69) is 44.3 Å². The van der Waals surface area contributed by atoms with Crippen LogP contribution in [-0.2, 0) is 9.47 Å². The lowest BCUT2D eigenvalue weighted by atomic mass is 10.1. The van der Waals surface area contributed by atoms with E-state index in [1.54, 1.807) is 34.5 Å². The lowest BCUT2D eigenvalue weighted by Crippen LogP contribution is -2.35. The van der Waals surface area contributed by atoms with E-state index in [0.717, 1.165) is 51.1 Å². The van der Waals surface area contributed by atoms with Crippen LogP contribution in [0.2, 0.25) is 0 Å². The Balaban J connectivity index is 0.000000186. The van der Waals surface area contributed by atoms with E-state index >= 15 is 0 Å². The summed E-state index contributed by atoms with van der Waals surface area (Å²) in [6.07, 6.45) is 15.1. The maximum Gasteiger partial charge on any atom is 0.270 e. The second-order valence-corrected chi connectivity index (χ2v) is 11.8. The highest BCUT2D eigenvalue weighted by Gasteiger charge is 2.25. The van der Waals surface area contributed by atoms with Crippen molar-refractivity contribution in [3.05, 3.63) is 81.2 Å². The van der Waals surface area contributed by atoms with Crippen molar-refractivity contribution < 1.29 is 19.1 Å². The van der Waals surface area contributed by atoms with Crippen LogP contribution in [-0.4, -0.2) is 99.4 Å². The van der Waals surface area contributed by atoms with Gasteiger partial charge in [-0.15, -0.1) is 11.8 Å². The lowest BCUT2D eigenvalue weighted by Gasteiger charge is -2.11. The number of nitrogens with two attached hydrogens (primary N) is 1. The van der Waals surface area contributed by atoms with E-state index in [1.807, 2.05) is 36.0 Å². The number of imidazole rings is 1. The van der Waals surface area contributed by atoms with Crippen molar-refractivity contribution in [2.75, 3.05) is 59.4 Å². The highest BCUT2D eigenvalue weighted by Crippen LogP contribution is 2.28. The molecule has 2 aliphatic heterocycles. The molecular formula is C32H41N7O4S2. The number of hydrogen-bond donors (Lipinski definition) is 4. The topological polar surface area (TPSA) is 144 Å². The molecule has 5 N–H and O–H groups in total. The molecule has 240 valence electrons. The van der Waals surface area contributed by atoms with Crippen molar-refractivity contribution in [2.45, 2.75) is 18.5 Å². The fraction of sp³-hybridized carbons (Fsp3) is 0.375. The molecule has 1 aliphatic carbocycles. The van der Waals surface area contributed by atoms with Crippen LogP contribution < -0.4 is 21.7 Å². The Morgan fingerprint density at radius 2 is 2.13 bits per heavy atom. The van der Waals surface area contributed by atoms with Crippen molar-refractivity contribution in [3.8, 4) is 11.3 Å². The molecule has 0 spiro atoms. The highest BCUT2D eigenvalue weighted by atomic mass is 32.2. The molecular weight excluding hydrogens is 611 g/mol. The molecule has 0 radical (unpaired) electrons. The number of allylic oxidation sites excluding steroid dienone is 2. The first kappa shape index (κ1) is 34.3. The molecule has 13 heteroatoms. The number of amides is 1. The van der Waals surface area contributed by atoms with Gasteiger partial charge in [0.05, 0.1) is 37.8 Å². The van der Waals surface area contributed by atoms with Gasteiger partial charge in [0.2, 0.25) is 0 Å². The van der Waals surface area contributed by atoms with Gasteiger partial charge in [-0.05, 0) is 55.0 Å². The summed E-state index contributed by atoms with van der Waals surface area (Å²) in [7, 11) is 1.94. The van der Waals surface area contributed by atoms with Crippen molar-refractivity contribution >= 4 is 47.3 Å². The first-order chi connectivity index (χ1) is 22.1. The van der Waals surface area contributed by atoms with E-state index in [0.29, 0.717) is 35.8 Å². The van der Waals surface area contributed by atoms with Crippen molar-refractivity contribution in [2.24, 2.45) is 10.7 Å². The van der Waals surface area contributed by atoms with Gasteiger partial charge in [0.25, 0.3) is 5.91 Å². The zero-order valence-corrected chi connectivity index (χ0v) is 27.2. The Morgan fingerprint density at radius 1 is 1.29 bits per heavy atom. The van der Waals surface area contributed by atoms with E-state index in [4.69, 9.17) is 15.2 Å². The number of carbonyl (C=O) groups is 2. The third kappa shape index (κ3) is 9.70. The predicted octanol–water partition coefficient (Wildman–Crippen LogP) is 3.30. The summed E-state index contributed by atoms with van der Waals surface area (Å²) in [6, 6.07) is 5.43. The molecule has 0 saturated carbocycles. The number of rotatable bonds is 8. The minimum Gasteiger partial charge on any atom is -0.390 e. The normalized spacial score (nSPS) is 19.5. The molecule has 2 fully saturated rings. The summed E-state index contributed by atoms with van der Waals surface area (Å²) in [5, 5.41) is 13.2. The van der Waals surface area contributed by atoms with E-state index in [1.165, 1.54) is 28.2 Å². The van der Waals surface area contributed by atoms with Gasteiger partial charge in [0.15, 0.2) is 6.29 Å². The van der Waals surface area contributed by atoms with Gasteiger partial charge in [-0.25, -0.2) is 4.98 Å². The average Bonchev–Trinajstić information content (AvgIpc) is 3.84. The van der Waals surface area contributed by atoms with Gasteiger partial charge in [0.1, 0.15) is 23.1 Å². The van der Waals surface area contributed by atoms with Gasteiger partial charge in [-0.1, -0.05) is 18.2 Å². The van der Waals surface area contributed by atoms with Gasteiger partial charge >= 0.3 is 0 Å². The van der Waals surface area contributed by atoms with Gasteiger partial charge in [0, 0.05) is 48.3 Å². The first-order valence-electron chi connectivity index (χ1n) is 14.8. The zero-order chi connectivity index (χ0) is 31.9. The summed E-state index contributed by atoms with van der Waals surface area (Å²) in [4.78, 5) is 34.2. The Kier molecular flexibility index (Phi) is 14.0. The van der Waals surface area contributed by atoms with E-state index in [-0.39, 0.29) is 18.0 Å². The molecule has 2 unspecified atom stereocenters. The number of thiophene rings is 1. The molecule has 3 aromatic rings. The zero-order valence-electron chi connectivity index (χ0n) is 25.6. The second kappa shape index (κ2) is 18.4. The van der Waals surface area contributed by atoms with E-state index < -0.39 is 0 Å². The number of nitrogens with one attached hydrogen (secondary N) is 3. The fourth-order valence-electron chi connectivity index (χ4n) is 4.82. The Hall–Kier alpha value is -3.59. The van der Waals surface area contributed by atoms with Crippen LogP contribution in [0.3, 0.4) is 0 Å². The number of likely N-dealkylation sites (N-methyl/N-ethyl adjacent to an activating group) is 1. The number of thioether (sulfide) groups is 1. The average molecular weight is 652 g/mol. The number of aldehydes is 1. The molecule has 0 aromatic carbocycles. The van der Waals surface area contributed by atoms with Crippen LogP contribution in [0.4, 0.5) is 0 Å². The standard InChI is InChI=1S/C17H15N3O3S.C11H17N3S.C4H9NO/c21-8-11-2-1-5-20-15(17(22)18-13-3-6-23-9-13)14(19-16(11)20)12-4-7-24-10-12;1-13-7-9-4-3-5-10(14-8-12)11(6-9)15-2;1-3-6-4-2-5-1/h1-2,4-5,7-8,10,13H,3,6,9H2,(H,18,22);3-6,8,10,13H,7H2,1-2H3,(H2,12,14);5H,1-4H2. The third-order valence-electron chi connectivity index (χ3n) is 7.01. The van der Waals surface area contributed by atoms with Gasteiger partial charge in [-0.2, -0.15) is 11.3 Å². The van der Waals surface area contributed by atoms with Crippen LogP contribution in [0.25, 0.3) is 16.9 Å². The van der Waals surface area contributed by atoms with Crippen LogP contribution >= 0.6 is 23.1 Å². The summed E-state index contributed by atoms with van der Waals surface area (Å²) in [5.41, 5.74) is 9.43. The molecule has 11 nitrogen and oxygen atoms in total.